The number of hydrogen-bond acceptors (Lipinski definition) is 4. The maximum absolute atomic E-state index is 12.6. The maximum Gasteiger partial charge on any atom is 0.255 e. The minimum atomic E-state index is -0.516. The van der Waals surface area contributed by atoms with E-state index in [-0.39, 0.29) is 17.2 Å². The van der Waals surface area contributed by atoms with E-state index in [1.54, 1.807) is 48.2 Å². The van der Waals surface area contributed by atoms with Gasteiger partial charge in [0.15, 0.2) is 0 Å². The number of hydrogen-bond donors (Lipinski definition) is 2. The molecular formula is C24H21N3O3S. The topological polar surface area (TPSA) is 92.5 Å². The molecule has 1 atom stereocenters. The Kier molecular flexibility index (Phi) is 6.04. The van der Waals surface area contributed by atoms with Crippen molar-refractivity contribution in [2.75, 3.05) is 11.1 Å². The first-order valence-electron chi connectivity index (χ1n) is 9.77. The van der Waals surface area contributed by atoms with E-state index in [0.717, 1.165) is 11.1 Å². The summed E-state index contributed by atoms with van der Waals surface area (Å²) in [5.74, 6) is -0.214. The Morgan fingerprint density at radius 2 is 1.58 bits per heavy atom. The smallest absolute Gasteiger partial charge is 0.255 e. The predicted octanol–water partition coefficient (Wildman–Crippen LogP) is 3.81. The van der Waals surface area contributed by atoms with Gasteiger partial charge in [0.05, 0.1) is 5.75 Å². The second-order valence-corrected chi connectivity index (χ2v) is 8.26. The van der Waals surface area contributed by atoms with Crippen LogP contribution < -0.4 is 11.1 Å². The Labute approximate surface area is 184 Å². The molecule has 1 unspecified atom stereocenters. The average molecular weight is 432 g/mol. The zero-order valence-corrected chi connectivity index (χ0v) is 17.5. The molecule has 1 aliphatic rings. The van der Waals surface area contributed by atoms with Gasteiger partial charge in [0.25, 0.3) is 5.91 Å². The Bertz CT molecular complexity index is 1100. The third-order valence-corrected chi connectivity index (χ3v) is 6.31. The number of nitrogens with one attached hydrogen (secondary N) is 1. The van der Waals surface area contributed by atoms with E-state index in [0.29, 0.717) is 29.1 Å². The van der Waals surface area contributed by atoms with Gasteiger partial charge in [-0.15, -0.1) is 11.8 Å². The number of benzene rings is 3. The number of carbonyl (C=O) groups is 3. The predicted molar refractivity (Wildman–Crippen MR) is 122 cm³/mol. The van der Waals surface area contributed by atoms with Crippen LogP contribution in [0.2, 0.25) is 0 Å². The summed E-state index contributed by atoms with van der Waals surface area (Å²) in [6, 6.07) is 23.6. The van der Waals surface area contributed by atoms with Crippen molar-refractivity contribution < 1.29 is 14.4 Å². The number of thioether (sulfide) groups is 1. The third-order valence-electron chi connectivity index (χ3n) is 5.05. The van der Waals surface area contributed by atoms with Crippen LogP contribution in [-0.4, -0.2) is 28.4 Å². The molecule has 6 nitrogen and oxygen atoms in total. The van der Waals surface area contributed by atoms with Gasteiger partial charge in [-0.1, -0.05) is 42.5 Å². The third kappa shape index (κ3) is 4.78. The quantitative estimate of drug-likeness (QED) is 0.621. The molecule has 0 saturated carbocycles. The molecule has 3 aromatic carbocycles. The summed E-state index contributed by atoms with van der Waals surface area (Å²) in [4.78, 5) is 38.0. The van der Waals surface area contributed by atoms with Crippen molar-refractivity contribution in [2.45, 2.75) is 11.9 Å². The molecule has 3 amide bonds. The summed E-state index contributed by atoms with van der Waals surface area (Å²) in [6.45, 7) is 0.556. The summed E-state index contributed by atoms with van der Waals surface area (Å²) in [5.41, 5.74) is 8.76. The largest absolute Gasteiger partial charge is 0.366 e. The van der Waals surface area contributed by atoms with Crippen LogP contribution in [0.25, 0.3) is 0 Å². The van der Waals surface area contributed by atoms with Crippen LogP contribution in [0.3, 0.4) is 0 Å². The lowest BCUT2D eigenvalue weighted by atomic mass is 10.1. The molecule has 31 heavy (non-hydrogen) atoms. The van der Waals surface area contributed by atoms with Crippen molar-refractivity contribution in [3.63, 3.8) is 0 Å². The molecule has 1 heterocycles. The number of rotatable bonds is 6. The fraction of sp³-hybridized carbons (Fsp3) is 0.125. The average Bonchev–Trinajstić information content (AvgIpc) is 3.15. The van der Waals surface area contributed by atoms with Crippen LogP contribution in [0.5, 0.6) is 0 Å². The van der Waals surface area contributed by atoms with Gasteiger partial charge in [-0.2, -0.15) is 0 Å². The van der Waals surface area contributed by atoms with Gasteiger partial charge in [-0.3, -0.25) is 14.4 Å². The van der Waals surface area contributed by atoms with Crippen LogP contribution in [0.1, 0.15) is 37.2 Å². The Morgan fingerprint density at radius 3 is 2.23 bits per heavy atom. The zero-order valence-electron chi connectivity index (χ0n) is 16.7. The highest BCUT2D eigenvalue weighted by Crippen LogP contribution is 2.39. The van der Waals surface area contributed by atoms with Crippen molar-refractivity contribution in [1.29, 1.82) is 0 Å². The summed E-state index contributed by atoms with van der Waals surface area (Å²) < 4.78 is 0. The highest BCUT2D eigenvalue weighted by Gasteiger charge is 2.32. The summed E-state index contributed by atoms with van der Waals surface area (Å²) in [5, 5.41) is 2.72. The first-order chi connectivity index (χ1) is 15.0. The molecule has 156 valence electrons. The number of anilines is 1. The van der Waals surface area contributed by atoms with E-state index < -0.39 is 5.91 Å². The van der Waals surface area contributed by atoms with Crippen LogP contribution in [0, 0.1) is 0 Å². The van der Waals surface area contributed by atoms with Crippen molar-refractivity contribution in [2.24, 2.45) is 5.73 Å². The van der Waals surface area contributed by atoms with Gasteiger partial charge in [0.1, 0.15) is 5.37 Å². The molecule has 0 radical (unpaired) electrons. The highest BCUT2D eigenvalue weighted by molar-refractivity contribution is 8.00. The molecule has 1 fully saturated rings. The Morgan fingerprint density at radius 1 is 0.935 bits per heavy atom. The van der Waals surface area contributed by atoms with Crippen molar-refractivity contribution >= 4 is 35.2 Å². The molecule has 7 heteroatoms. The second-order valence-electron chi connectivity index (χ2n) is 7.19. The molecule has 3 N–H and O–H groups in total. The van der Waals surface area contributed by atoms with Gasteiger partial charge in [0, 0.05) is 23.4 Å². The van der Waals surface area contributed by atoms with Gasteiger partial charge < -0.3 is 16.0 Å². The van der Waals surface area contributed by atoms with E-state index in [1.807, 2.05) is 47.4 Å². The number of nitrogens with two attached hydrogens (primary N) is 1. The molecule has 4 rings (SSSR count). The first kappa shape index (κ1) is 20.7. The summed E-state index contributed by atoms with van der Waals surface area (Å²) in [6.07, 6.45) is 0. The van der Waals surface area contributed by atoms with Crippen LogP contribution in [0.15, 0.2) is 78.9 Å². The molecule has 3 aromatic rings. The van der Waals surface area contributed by atoms with Crippen molar-refractivity contribution in [1.82, 2.24) is 4.90 Å². The number of amides is 3. The monoisotopic (exact) mass is 431 g/mol. The van der Waals surface area contributed by atoms with Crippen LogP contribution >= 0.6 is 11.8 Å². The highest BCUT2D eigenvalue weighted by atomic mass is 32.2. The molecule has 0 spiro atoms. The molecular weight excluding hydrogens is 410 g/mol. The maximum atomic E-state index is 12.6. The fourth-order valence-electron chi connectivity index (χ4n) is 3.40. The Hall–Kier alpha value is -3.58. The molecule has 1 aliphatic heterocycles. The fourth-order valence-corrected chi connectivity index (χ4v) is 4.59. The van der Waals surface area contributed by atoms with Crippen molar-refractivity contribution in [3.8, 4) is 0 Å². The van der Waals surface area contributed by atoms with E-state index in [1.165, 1.54) is 0 Å². The van der Waals surface area contributed by atoms with Crippen molar-refractivity contribution in [3.05, 3.63) is 101 Å². The molecule has 0 aromatic heterocycles. The Balaban J connectivity index is 1.45. The van der Waals surface area contributed by atoms with Gasteiger partial charge in [-0.25, -0.2) is 0 Å². The van der Waals surface area contributed by atoms with Crippen LogP contribution in [-0.2, 0) is 11.3 Å². The SMILES string of the molecule is NC(=O)c1ccc(NC(=O)c2ccc(C3SCC(=O)N3Cc3ccccc3)cc2)cc1. The van der Waals surface area contributed by atoms with Gasteiger partial charge in [-0.05, 0) is 47.5 Å². The summed E-state index contributed by atoms with van der Waals surface area (Å²) >= 11 is 1.59. The van der Waals surface area contributed by atoms with Crippen LogP contribution in [0.4, 0.5) is 5.69 Å². The van der Waals surface area contributed by atoms with E-state index >= 15 is 0 Å². The first-order valence-corrected chi connectivity index (χ1v) is 10.8. The van der Waals surface area contributed by atoms with E-state index in [4.69, 9.17) is 5.73 Å². The lowest BCUT2D eigenvalue weighted by Gasteiger charge is -2.24. The lowest BCUT2D eigenvalue weighted by molar-refractivity contribution is -0.128. The normalized spacial score (nSPS) is 15.7. The lowest BCUT2D eigenvalue weighted by Crippen LogP contribution is -2.27. The molecule has 0 aliphatic carbocycles. The van der Waals surface area contributed by atoms with E-state index in [9.17, 15) is 14.4 Å². The number of nitrogens with zero attached hydrogens (tertiary/aromatic N) is 1. The number of primary amides is 1. The summed E-state index contributed by atoms with van der Waals surface area (Å²) in [7, 11) is 0. The molecule has 0 bridgehead atoms. The zero-order chi connectivity index (χ0) is 21.8. The van der Waals surface area contributed by atoms with E-state index in [2.05, 4.69) is 5.32 Å². The standard InChI is InChI=1S/C24H21N3O3S/c25-22(29)17-10-12-20(13-11-17)26-23(30)18-6-8-19(9-7-18)24-27(21(28)15-31-24)14-16-4-2-1-3-5-16/h1-13,24H,14-15H2,(H2,25,29)(H,26,30). The van der Waals surface area contributed by atoms with Gasteiger partial charge in [0.2, 0.25) is 11.8 Å². The van der Waals surface area contributed by atoms with Gasteiger partial charge >= 0.3 is 0 Å². The molecule has 1 saturated heterocycles. The second kappa shape index (κ2) is 9.06. The minimum absolute atomic E-state index is 0.0776. The minimum Gasteiger partial charge on any atom is -0.366 e. The number of carbonyl (C=O) groups excluding carboxylic acids is 3.